The number of anilines is 1. The smallest absolute Gasteiger partial charge is 0.306 e. The van der Waals surface area contributed by atoms with E-state index < -0.39 is 0 Å². The fraction of sp³-hybridized carbons (Fsp3) is 0.650. The minimum absolute atomic E-state index is 0.0995. The number of benzene rings is 1. The highest BCUT2D eigenvalue weighted by Gasteiger charge is 2.18. The Morgan fingerprint density at radius 1 is 1.42 bits per heavy atom. The Hall–Kier alpha value is -0.880. The number of thioether (sulfide) groups is 1. The fourth-order valence-corrected chi connectivity index (χ4v) is 4.44. The molecule has 1 aliphatic rings. The number of fused-ring (bicyclic) bond motifs is 1. The van der Waals surface area contributed by atoms with Crippen molar-refractivity contribution < 1.29 is 14.3 Å². The average Bonchev–Trinajstić information content (AvgIpc) is 2.63. The number of halogens is 1. The Morgan fingerprint density at radius 2 is 2.23 bits per heavy atom. The van der Waals surface area contributed by atoms with Gasteiger partial charge in [-0.15, -0.1) is 11.8 Å². The summed E-state index contributed by atoms with van der Waals surface area (Å²) in [4.78, 5) is 15.3. The molecule has 0 saturated carbocycles. The van der Waals surface area contributed by atoms with Crippen LogP contribution in [0.3, 0.4) is 0 Å². The Labute approximate surface area is 170 Å². The molecule has 0 fully saturated rings. The van der Waals surface area contributed by atoms with E-state index in [0.29, 0.717) is 31.3 Å². The molecule has 0 amide bonds. The number of nitrogens with zero attached hydrogens (tertiary/aromatic N) is 1. The van der Waals surface area contributed by atoms with Crippen LogP contribution in [0.1, 0.15) is 46.0 Å². The van der Waals surface area contributed by atoms with Crippen LogP contribution in [0.25, 0.3) is 0 Å². The molecule has 146 valence electrons. The number of esters is 1. The molecule has 26 heavy (non-hydrogen) atoms. The van der Waals surface area contributed by atoms with Gasteiger partial charge in [0.05, 0.1) is 25.3 Å². The van der Waals surface area contributed by atoms with E-state index in [1.807, 2.05) is 0 Å². The highest BCUT2D eigenvalue weighted by Crippen LogP contribution is 2.40. The van der Waals surface area contributed by atoms with Gasteiger partial charge in [-0.25, -0.2) is 0 Å². The van der Waals surface area contributed by atoms with E-state index in [4.69, 9.17) is 9.47 Å². The lowest BCUT2D eigenvalue weighted by Crippen LogP contribution is -2.28. The van der Waals surface area contributed by atoms with Gasteiger partial charge in [-0.1, -0.05) is 33.1 Å². The van der Waals surface area contributed by atoms with Crippen LogP contribution in [0.5, 0.6) is 5.75 Å². The molecule has 6 heteroatoms. The van der Waals surface area contributed by atoms with Crippen molar-refractivity contribution in [2.75, 3.05) is 37.5 Å². The van der Waals surface area contributed by atoms with E-state index in [0.717, 1.165) is 40.2 Å². The van der Waals surface area contributed by atoms with Crippen LogP contribution in [0.15, 0.2) is 21.5 Å². The summed E-state index contributed by atoms with van der Waals surface area (Å²) in [6.45, 7) is 6.52. The highest BCUT2D eigenvalue weighted by atomic mass is 79.9. The van der Waals surface area contributed by atoms with Crippen LogP contribution in [0.4, 0.5) is 5.69 Å². The van der Waals surface area contributed by atoms with Crippen LogP contribution in [-0.4, -0.2) is 38.5 Å². The first-order valence-electron chi connectivity index (χ1n) is 9.51. The van der Waals surface area contributed by atoms with Crippen molar-refractivity contribution in [1.82, 2.24) is 0 Å². The Kier molecular flexibility index (Phi) is 9.12. The predicted octanol–water partition coefficient (Wildman–Crippen LogP) is 5.52. The third-order valence-corrected chi connectivity index (χ3v) is 6.67. The molecule has 1 atom stereocenters. The molecule has 4 nitrogen and oxygen atoms in total. The van der Waals surface area contributed by atoms with E-state index in [9.17, 15) is 4.79 Å². The van der Waals surface area contributed by atoms with Crippen molar-refractivity contribution in [3.05, 3.63) is 16.6 Å². The summed E-state index contributed by atoms with van der Waals surface area (Å²) >= 11 is 5.29. The minimum Gasteiger partial charge on any atom is -0.490 e. The van der Waals surface area contributed by atoms with Crippen molar-refractivity contribution in [2.24, 2.45) is 5.92 Å². The summed E-state index contributed by atoms with van der Waals surface area (Å²) in [6, 6.07) is 4.15. The normalized spacial score (nSPS) is 14.5. The molecule has 0 N–H and O–H groups in total. The van der Waals surface area contributed by atoms with Gasteiger partial charge in [0.1, 0.15) is 12.4 Å². The van der Waals surface area contributed by atoms with Gasteiger partial charge in [-0.3, -0.25) is 4.79 Å². The van der Waals surface area contributed by atoms with Crippen LogP contribution >= 0.6 is 27.7 Å². The van der Waals surface area contributed by atoms with Crippen molar-refractivity contribution >= 4 is 39.3 Å². The lowest BCUT2D eigenvalue weighted by molar-refractivity contribution is -0.144. The van der Waals surface area contributed by atoms with Gasteiger partial charge in [0.2, 0.25) is 0 Å². The number of rotatable bonds is 10. The number of unbranched alkanes of at least 4 members (excludes halogenated alkanes) is 1. The Balaban J connectivity index is 1.78. The second kappa shape index (κ2) is 11.1. The molecule has 1 heterocycles. The molecule has 0 radical (unpaired) electrons. The number of carbonyl (C=O) groups excluding carboxylic acids is 1. The predicted molar refractivity (Wildman–Crippen MR) is 113 cm³/mol. The molecule has 0 spiro atoms. The van der Waals surface area contributed by atoms with Gasteiger partial charge in [-0.2, -0.15) is 0 Å². The minimum atomic E-state index is -0.0995. The van der Waals surface area contributed by atoms with E-state index in [1.165, 1.54) is 12.8 Å². The molecule has 0 aliphatic carbocycles. The Bertz CT molecular complexity index is 597. The van der Waals surface area contributed by atoms with Crippen LogP contribution in [0, 0.1) is 5.92 Å². The molecular weight excluding hydrogens is 414 g/mol. The first-order chi connectivity index (χ1) is 12.5. The zero-order chi connectivity index (χ0) is 18.9. The molecule has 1 aromatic carbocycles. The third kappa shape index (κ3) is 6.38. The molecule has 2 rings (SSSR count). The van der Waals surface area contributed by atoms with Gasteiger partial charge >= 0.3 is 5.97 Å². The van der Waals surface area contributed by atoms with Gasteiger partial charge in [0.15, 0.2) is 0 Å². The summed E-state index contributed by atoms with van der Waals surface area (Å²) < 4.78 is 12.3. The SMILES string of the molecule is CCCCC(CC)COC(=O)CCSc1cc2c(cc1Br)N(C)CCO2. The number of carbonyl (C=O) groups is 1. The van der Waals surface area contributed by atoms with Gasteiger partial charge in [-0.05, 0) is 40.4 Å². The first kappa shape index (κ1) is 21.4. The van der Waals surface area contributed by atoms with E-state index >= 15 is 0 Å². The molecule has 0 aromatic heterocycles. The molecule has 0 saturated heterocycles. The maximum absolute atomic E-state index is 12.0. The van der Waals surface area contributed by atoms with Crippen molar-refractivity contribution in [2.45, 2.75) is 50.8 Å². The standard InChI is InChI=1S/C20H30BrNO3S/c1-4-6-7-15(5-2)14-25-20(23)8-11-26-19-13-18-17(12-16(19)21)22(3)9-10-24-18/h12-13,15H,4-11,14H2,1-3H3. The molecule has 1 aromatic rings. The quantitative estimate of drug-likeness (QED) is 0.351. The van der Waals surface area contributed by atoms with Gasteiger partial charge in [0, 0.05) is 22.2 Å². The lowest BCUT2D eigenvalue weighted by atomic mass is 10.0. The average molecular weight is 444 g/mol. The monoisotopic (exact) mass is 443 g/mol. The Morgan fingerprint density at radius 3 is 2.96 bits per heavy atom. The van der Waals surface area contributed by atoms with E-state index in [-0.39, 0.29) is 5.97 Å². The zero-order valence-corrected chi connectivity index (χ0v) is 18.5. The van der Waals surface area contributed by atoms with E-state index in [2.05, 4.69) is 53.9 Å². The summed E-state index contributed by atoms with van der Waals surface area (Å²) in [5, 5.41) is 0. The van der Waals surface area contributed by atoms with Crippen molar-refractivity contribution in [3.8, 4) is 5.75 Å². The molecule has 0 bridgehead atoms. The van der Waals surface area contributed by atoms with Crippen LogP contribution < -0.4 is 9.64 Å². The zero-order valence-electron chi connectivity index (χ0n) is 16.1. The van der Waals surface area contributed by atoms with Crippen molar-refractivity contribution in [3.63, 3.8) is 0 Å². The number of likely N-dealkylation sites (N-methyl/N-ethyl adjacent to an activating group) is 1. The number of ether oxygens (including phenoxy) is 2. The summed E-state index contributed by atoms with van der Waals surface area (Å²) in [6.07, 6.45) is 5.04. The third-order valence-electron chi connectivity index (χ3n) is 4.70. The second-order valence-corrected chi connectivity index (χ2v) is 8.71. The molecular formula is C20H30BrNO3S. The molecule has 1 unspecified atom stereocenters. The van der Waals surface area contributed by atoms with Gasteiger partial charge in [0.25, 0.3) is 0 Å². The van der Waals surface area contributed by atoms with Crippen LogP contribution in [0.2, 0.25) is 0 Å². The highest BCUT2D eigenvalue weighted by molar-refractivity contribution is 9.10. The fourth-order valence-electron chi connectivity index (χ4n) is 2.89. The number of hydrogen-bond donors (Lipinski definition) is 0. The maximum Gasteiger partial charge on any atom is 0.306 e. The van der Waals surface area contributed by atoms with Crippen LogP contribution in [-0.2, 0) is 9.53 Å². The first-order valence-corrected chi connectivity index (χ1v) is 11.3. The summed E-state index contributed by atoms with van der Waals surface area (Å²) in [7, 11) is 2.07. The lowest BCUT2D eigenvalue weighted by Gasteiger charge is -2.28. The summed E-state index contributed by atoms with van der Waals surface area (Å²) in [5.41, 5.74) is 1.10. The maximum atomic E-state index is 12.0. The molecule has 1 aliphatic heterocycles. The number of hydrogen-bond acceptors (Lipinski definition) is 5. The second-order valence-electron chi connectivity index (χ2n) is 6.72. The largest absolute Gasteiger partial charge is 0.490 e. The summed E-state index contributed by atoms with van der Waals surface area (Å²) in [5.74, 6) is 2.01. The van der Waals surface area contributed by atoms with Gasteiger partial charge < -0.3 is 14.4 Å². The van der Waals surface area contributed by atoms with E-state index in [1.54, 1.807) is 11.8 Å². The van der Waals surface area contributed by atoms with Crippen molar-refractivity contribution in [1.29, 1.82) is 0 Å². The topological polar surface area (TPSA) is 38.8 Å².